The van der Waals surface area contributed by atoms with Gasteiger partial charge in [-0.1, -0.05) is 218 Å². The molecule has 0 bridgehead atoms. The second-order valence-corrected chi connectivity index (χ2v) is 19.3. The minimum absolute atomic E-state index is 0.248. The number of hydrogen-bond acceptors (Lipinski definition) is 10. The summed E-state index contributed by atoms with van der Waals surface area (Å²) in [7, 11) is 0. The van der Waals surface area contributed by atoms with Crippen LogP contribution in [0.15, 0.2) is 24.3 Å². The SMILES string of the molecule is CCCCCCCCCCCCCCCCCCCCC/C=C/CC/C=C/CCCC(O)C(O)C(COC1OC(CO)C(O)C(O)C1O)NC(=O)C(O)CCCCCCCCCCCC. The smallest absolute Gasteiger partial charge is 0.249 e. The van der Waals surface area contributed by atoms with Crippen LogP contribution in [0.1, 0.15) is 245 Å². The first-order valence-electron chi connectivity index (χ1n) is 27.2. The Bertz CT molecular complexity index is 1110. The van der Waals surface area contributed by atoms with Crippen molar-refractivity contribution >= 4 is 5.91 Å². The van der Waals surface area contributed by atoms with Crippen LogP contribution in [0.4, 0.5) is 0 Å². The van der Waals surface area contributed by atoms with Gasteiger partial charge in [0.05, 0.1) is 25.4 Å². The Hall–Kier alpha value is -1.41. The maximum atomic E-state index is 13.1. The van der Waals surface area contributed by atoms with Gasteiger partial charge in [0, 0.05) is 0 Å². The van der Waals surface area contributed by atoms with Crippen LogP contribution < -0.4 is 5.32 Å². The van der Waals surface area contributed by atoms with Crippen LogP contribution in [0.5, 0.6) is 0 Å². The number of aliphatic hydroxyl groups excluding tert-OH is 7. The number of amides is 1. The Morgan fingerprint density at radius 2 is 0.923 bits per heavy atom. The van der Waals surface area contributed by atoms with E-state index in [1.807, 2.05) is 0 Å². The minimum Gasteiger partial charge on any atom is -0.394 e. The molecule has 65 heavy (non-hydrogen) atoms. The number of ether oxygens (including phenoxy) is 2. The van der Waals surface area contributed by atoms with Crippen molar-refractivity contribution in [3.63, 3.8) is 0 Å². The number of allylic oxidation sites excluding steroid dienone is 4. The molecule has 0 aliphatic carbocycles. The van der Waals surface area contributed by atoms with Crippen LogP contribution in [0.2, 0.25) is 0 Å². The molecule has 9 unspecified atom stereocenters. The molecule has 11 heteroatoms. The third-order valence-electron chi connectivity index (χ3n) is 13.2. The molecule has 8 N–H and O–H groups in total. The van der Waals surface area contributed by atoms with Crippen molar-refractivity contribution < 1.29 is 50.0 Å². The average molecular weight is 926 g/mol. The molecule has 1 saturated heterocycles. The second-order valence-electron chi connectivity index (χ2n) is 19.3. The fraction of sp³-hybridized carbons (Fsp3) is 0.907. The molecule has 1 aliphatic heterocycles. The van der Waals surface area contributed by atoms with Crippen LogP contribution in [0, 0.1) is 0 Å². The topological polar surface area (TPSA) is 189 Å². The van der Waals surface area contributed by atoms with Gasteiger partial charge in [-0.25, -0.2) is 0 Å². The monoisotopic (exact) mass is 926 g/mol. The Labute approximate surface area is 397 Å². The predicted molar refractivity (Wildman–Crippen MR) is 266 cm³/mol. The van der Waals surface area contributed by atoms with Gasteiger partial charge in [-0.05, 0) is 51.4 Å². The number of hydrogen-bond donors (Lipinski definition) is 8. The second kappa shape index (κ2) is 43.8. The zero-order valence-electron chi connectivity index (χ0n) is 41.7. The first-order chi connectivity index (χ1) is 31.7. The van der Waals surface area contributed by atoms with Gasteiger partial charge in [0.1, 0.15) is 36.6 Å². The normalized spacial score (nSPS) is 21.0. The summed E-state index contributed by atoms with van der Waals surface area (Å²) < 4.78 is 11.1. The summed E-state index contributed by atoms with van der Waals surface area (Å²) in [6.45, 7) is 3.42. The van der Waals surface area contributed by atoms with E-state index in [0.29, 0.717) is 19.3 Å². The lowest BCUT2D eigenvalue weighted by Gasteiger charge is -2.40. The van der Waals surface area contributed by atoms with Gasteiger partial charge in [-0.2, -0.15) is 0 Å². The van der Waals surface area contributed by atoms with E-state index in [2.05, 4.69) is 43.5 Å². The third-order valence-corrected chi connectivity index (χ3v) is 13.2. The molecule has 384 valence electrons. The van der Waals surface area contributed by atoms with Crippen molar-refractivity contribution in [1.29, 1.82) is 0 Å². The highest BCUT2D eigenvalue weighted by Crippen LogP contribution is 2.23. The van der Waals surface area contributed by atoms with Crippen molar-refractivity contribution in [3.05, 3.63) is 24.3 Å². The van der Waals surface area contributed by atoms with E-state index in [4.69, 9.17) is 9.47 Å². The van der Waals surface area contributed by atoms with Crippen molar-refractivity contribution in [2.75, 3.05) is 13.2 Å². The Kier molecular flexibility index (Phi) is 41.6. The van der Waals surface area contributed by atoms with Crippen LogP contribution in [0.3, 0.4) is 0 Å². The van der Waals surface area contributed by atoms with E-state index in [9.17, 15) is 40.5 Å². The highest BCUT2D eigenvalue weighted by Gasteiger charge is 2.44. The Morgan fingerprint density at radius 1 is 0.523 bits per heavy atom. The average Bonchev–Trinajstić information content (AvgIpc) is 3.31. The summed E-state index contributed by atoms with van der Waals surface area (Å²) in [5.74, 6) is -0.711. The van der Waals surface area contributed by atoms with Gasteiger partial charge in [-0.15, -0.1) is 0 Å². The maximum Gasteiger partial charge on any atom is 0.249 e. The lowest BCUT2D eigenvalue weighted by molar-refractivity contribution is -0.303. The molecular weight excluding hydrogens is 823 g/mol. The zero-order chi connectivity index (χ0) is 47.6. The molecule has 11 nitrogen and oxygen atoms in total. The summed E-state index contributed by atoms with van der Waals surface area (Å²) in [5.41, 5.74) is 0. The maximum absolute atomic E-state index is 13.1. The molecular formula is C54H103NO10. The van der Waals surface area contributed by atoms with Crippen LogP contribution in [-0.2, 0) is 14.3 Å². The molecule has 1 amide bonds. The number of carbonyl (C=O) groups excluding carboxylic acids is 1. The zero-order valence-corrected chi connectivity index (χ0v) is 41.7. The summed E-state index contributed by atoms with van der Waals surface area (Å²) in [5, 5.41) is 75.7. The highest BCUT2D eigenvalue weighted by molar-refractivity contribution is 5.80. The lowest BCUT2D eigenvalue weighted by Crippen LogP contribution is -2.60. The summed E-state index contributed by atoms with van der Waals surface area (Å²) in [6.07, 6.45) is 39.8. The lowest BCUT2D eigenvalue weighted by atomic mass is 9.98. The van der Waals surface area contributed by atoms with E-state index >= 15 is 0 Å². The van der Waals surface area contributed by atoms with Gasteiger partial charge in [0.15, 0.2) is 6.29 Å². The summed E-state index contributed by atoms with van der Waals surface area (Å²) >= 11 is 0. The molecule has 0 aromatic heterocycles. The molecule has 1 fully saturated rings. The van der Waals surface area contributed by atoms with Crippen LogP contribution in [0.25, 0.3) is 0 Å². The molecule has 0 aromatic rings. The van der Waals surface area contributed by atoms with Gasteiger partial charge >= 0.3 is 0 Å². The largest absolute Gasteiger partial charge is 0.394 e. The Balaban J connectivity index is 2.29. The number of rotatable bonds is 46. The van der Waals surface area contributed by atoms with Crippen molar-refractivity contribution in [2.45, 2.75) is 300 Å². The fourth-order valence-corrected chi connectivity index (χ4v) is 8.75. The highest BCUT2D eigenvalue weighted by atomic mass is 16.7. The van der Waals surface area contributed by atoms with E-state index < -0.39 is 74.2 Å². The number of unbranched alkanes of at least 4 members (excludes halogenated alkanes) is 30. The van der Waals surface area contributed by atoms with Gasteiger partial charge in [0.2, 0.25) is 5.91 Å². The van der Waals surface area contributed by atoms with Gasteiger partial charge < -0.3 is 50.5 Å². The fourth-order valence-electron chi connectivity index (χ4n) is 8.75. The van der Waals surface area contributed by atoms with E-state index in [0.717, 1.165) is 38.5 Å². The number of nitrogens with one attached hydrogen (secondary N) is 1. The quantitative estimate of drug-likeness (QED) is 0.0216. The van der Waals surface area contributed by atoms with E-state index in [1.165, 1.54) is 161 Å². The molecule has 1 aliphatic rings. The Morgan fingerprint density at radius 3 is 1.37 bits per heavy atom. The molecule has 1 rings (SSSR count). The van der Waals surface area contributed by atoms with Crippen molar-refractivity contribution in [2.24, 2.45) is 0 Å². The molecule has 0 aromatic carbocycles. The molecule has 0 saturated carbocycles. The van der Waals surface area contributed by atoms with E-state index in [-0.39, 0.29) is 12.8 Å². The number of aliphatic hydroxyl groups is 7. The van der Waals surface area contributed by atoms with Gasteiger partial charge in [0.25, 0.3) is 0 Å². The first kappa shape index (κ1) is 61.6. The van der Waals surface area contributed by atoms with Crippen molar-refractivity contribution in [3.8, 4) is 0 Å². The van der Waals surface area contributed by atoms with Crippen LogP contribution >= 0.6 is 0 Å². The molecule has 1 heterocycles. The molecule has 0 spiro atoms. The summed E-state index contributed by atoms with van der Waals surface area (Å²) in [6, 6.07) is -1.19. The third kappa shape index (κ3) is 32.9. The van der Waals surface area contributed by atoms with Crippen LogP contribution in [-0.4, -0.2) is 110 Å². The standard InChI is InChI=1S/C54H103NO10/c1-3-5-7-9-11-13-15-16-17-18-19-20-21-22-23-24-25-26-27-28-29-30-31-32-34-35-37-39-41-46(57)49(59)45(44-64-54-52(62)51(61)50(60)48(43-56)65-54)55-53(63)47(58)42-40-38-36-33-14-12-10-8-6-4-2/h29-30,34-35,45-52,54,56-62H,3-28,31-33,36-44H2,1-2H3,(H,55,63)/b30-29+,35-34+. The molecule has 9 atom stereocenters. The predicted octanol–water partition coefficient (Wildman–Crippen LogP) is 10.6. The molecule has 0 radical (unpaired) electrons. The van der Waals surface area contributed by atoms with E-state index in [1.54, 1.807) is 0 Å². The van der Waals surface area contributed by atoms with Crippen molar-refractivity contribution in [1.82, 2.24) is 5.32 Å². The minimum atomic E-state index is -1.67. The first-order valence-corrected chi connectivity index (χ1v) is 27.2. The number of carbonyl (C=O) groups is 1. The van der Waals surface area contributed by atoms with Gasteiger partial charge in [-0.3, -0.25) is 4.79 Å². The summed E-state index contributed by atoms with van der Waals surface area (Å²) in [4.78, 5) is 13.1.